The molecule has 162 valence electrons. The Kier molecular flexibility index (Phi) is 5.76. The van der Waals surface area contributed by atoms with Gasteiger partial charge < -0.3 is 19.9 Å². The Hall–Kier alpha value is -1.96. The van der Waals surface area contributed by atoms with Crippen LogP contribution >= 0.6 is 0 Å². The molecule has 3 aliphatic rings. The SMILES string of the molecule is O=C(C1CCOCC1)N1CCN(C2CC(c3c[nH]c4ccc(F)cc34)CCN2)CC1. The summed E-state index contributed by atoms with van der Waals surface area (Å²) in [5.74, 6) is 0.686. The lowest BCUT2D eigenvalue weighted by molar-refractivity contribution is -0.140. The number of amides is 1. The van der Waals surface area contributed by atoms with Crippen LogP contribution in [0.1, 0.15) is 37.2 Å². The highest BCUT2D eigenvalue weighted by Gasteiger charge is 2.33. The fourth-order valence-corrected chi connectivity index (χ4v) is 5.36. The largest absolute Gasteiger partial charge is 0.381 e. The summed E-state index contributed by atoms with van der Waals surface area (Å²) in [7, 11) is 0. The van der Waals surface area contributed by atoms with Gasteiger partial charge in [-0.15, -0.1) is 0 Å². The quantitative estimate of drug-likeness (QED) is 0.811. The second kappa shape index (κ2) is 8.65. The fourth-order valence-electron chi connectivity index (χ4n) is 5.36. The molecule has 1 amide bonds. The molecule has 0 radical (unpaired) electrons. The summed E-state index contributed by atoms with van der Waals surface area (Å²) in [6, 6.07) is 4.98. The minimum Gasteiger partial charge on any atom is -0.381 e. The van der Waals surface area contributed by atoms with Crippen molar-refractivity contribution in [2.75, 3.05) is 45.9 Å². The molecule has 2 unspecified atom stereocenters. The number of carbonyl (C=O) groups excluding carboxylic acids is 1. The lowest BCUT2D eigenvalue weighted by Crippen LogP contribution is -2.58. The van der Waals surface area contributed by atoms with Gasteiger partial charge in [-0.3, -0.25) is 9.69 Å². The Morgan fingerprint density at radius 3 is 2.70 bits per heavy atom. The number of fused-ring (bicyclic) bond motifs is 1. The minimum atomic E-state index is -0.181. The molecule has 0 bridgehead atoms. The van der Waals surface area contributed by atoms with Crippen LogP contribution in [0.25, 0.3) is 10.9 Å². The number of rotatable bonds is 3. The molecule has 4 heterocycles. The van der Waals surface area contributed by atoms with E-state index in [1.807, 2.05) is 6.07 Å². The third-order valence-electron chi connectivity index (χ3n) is 7.13. The van der Waals surface area contributed by atoms with Crippen molar-refractivity contribution in [3.8, 4) is 0 Å². The molecule has 1 aromatic carbocycles. The number of aromatic amines is 1. The Bertz CT molecular complexity index is 886. The summed E-state index contributed by atoms with van der Waals surface area (Å²) < 4.78 is 19.2. The van der Waals surface area contributed by atoms with Crippen molar-refractivity contribution < 1.29 is 13.9 Å². The highest BCUT2D eigenvalue weighted by Crippen LogP contribution is 2.34. The summed E-state index contributed by atoms with van der Waals surface area (Å²) in [6.45, 7) is 5.79. The Morgan fingerprint density at radius 1 is 1.10 bits per heavy atom. The number of benzene rings is 1. The molecule has 0 aliphatic carbocycles. The van der Waals surface area contributed by atoms with Crippen LogP contribution in [0.5, 0.6) is 0 Å². The molecular weight excluding hydrogens is 383 g/mol. The van der Waals surface area contributed by atoms with Gasteiger partial charge in [-0.25, -0.2) is 4.39 Å². The van der Waals surface area contributed by atoms with Crippen molar-refractivity contribution in [1.29, 1.82) is 0 Å². The van der Waals surface area contributed by atoms with E-state index in [-0.39, 0.29) is 11.7 Å². The van der Waals surface area contributed by atoms with Gasteiger partial charge in [0.25, 0.3) is 0 Å². The first-order valence-electron chi connectivity index (χ1n) is 11.3. The molecule has 0 saturated carbocycles. The van der Waals surface area contributed by atoms with Crippen molar-refractivity contribution in [3.05, 3.63) is 35.8 Å². The molecule has 3 saturated heterocycles. The number of piperazine rings is 1. The topological polar surface area (TPSA) is 60.6 Å². The van der Waals surface area contributed by atoms with Gasteiger partial charge in [0.1, 0.15) is 5.82 Å². The number of nitrogens with zero attached hydrogens (tertiary/aromatic N) is 2. The van der Waals surface area contributed by atoms with Gasteiger partial charge in [-0.1, -0.05) is 0 Å². The average molecular weight is 415 g/mol. The van der Waals surface area contributed by atoms with Crippen LogP contribution in [0.3, 0.4) is 0 Å². The molecule has 0 spiro atoms. The van der Waals surface area contributed by atoms with Crippen LogP contribution in [0.15, 0.2) is 24.4 Å². The van der Waals surface area contributed by atoms with Gasteiger partial charge in [0, 0.05) is 62.4 Å². The highest BCUT2D eigenvalue weighted by atomic mass is 19.1. The maximum atomic E-state index is 13.8. The molecule has 30 heavy (non-hydrogen) atoms. The van der Waals surface area contributed by atoms with E-state index in [4.69, 9.17) is 4.74 Å². The van der Waals surface area contributed by atoms with Crippen molar-refractivity contribution in [1.82, 2.24) is 20.1 Å². The zero-order valence-corrected chi connectivity index (χ0v) is 17.4. The number of carbonyl (C=O) groups is 1. The van der Waals surface area contributed by atoms with Crippen LogP contribution in [0.4, 0.5) is 4.39 Å². The van der Waals surface area contributed by atoms with Crippen LogP contribution in [0, 0.1) is 11.7 Å². The molecule has 3 aliphatic heterocycles. The molecule has 5 rings (SSSR count). The molecule has 2 aromatic rings. The smallest absolute Gasteiger partial charge is 0.225 e. The van der Waals surface area contributed by atoms with Gasteiger partial charge in [0.2, 0.25) is 5.91 Å². The first-order chi connectivity index (χ1) is 14.7. The molecule has 6 nitrogen and oxygen atoms in total. The Morgan fingerprint density at radius 2 is 1.90 bits per heavy atom. The maximum Gasteiger partial charge on any atom is 0.225 e. The van der Waals surface area contributed by atoms with E-state index in [2.05, 4.69) is 26.3 Å². The van der Waals surface area contributed by atoms with Gasteiger partial charge in [-0.05, 0) is 61.9 Å². The van der Waals surface area contributed by atoms with Crippen LogP contribution in [-0.2, 0) is 9.53 Å². The van der Waals surface area contributed by atoms with E-state index in [0.717, 1.165) is 69.3 Å². The number of hydrogen-bond donors (Lipinski definition) is 2. The fraction of sp³-hybridized carbons (Fsp3) is 0.609. The monoisotopic (exact) mass is 414 g/mol. The second-order valence-corrected chi connectivity index (χ2v) is 8.87. The van der Waals surface area contributed by atoms with Crippen molar-refractivity contribution >= 4 is 16.8 Å². The summed E-state index contributed by atoms with van der Waals surface area (Å²) in [4.78, 5) is 20.6. The van der Waals surface area contributed by atoms with Crippen LogP contribution in [-0.4, -0.2) is 72.8 Å². The lowest BCUT2D eigenvalue weighted by atomic mass is 9.88. The van der Waals surface area contributed by atoms with E-state index < -0.39 is 0 Å². The third-order valence-corrected chi connectivity index (χ3v) is 7.13. The van der Waals surface area contributed by atoms with E-state index in [0.29, 0.717) is 31.2 Å². The van der Waals surface area contributed by atoms with Gasteiger partial charge in [0.05, 0.1) is 6.17 Å². The van der Waals surface area contributed by atoms with E-state index in [1.54, 1.807) is 6.07 Å². The predicted octanol–water partition coefficient (Wildman–Crippen LogP) is 2.67. The number of aromatic nitrogens is 1. The Labute approximate surface area is 176 Å². The number of nitrogens with one attached hydrogen (secondary N) is 2. The van der Waals surface area contributed by atoms with Crippen molar-refractivity contribution in [2.24, 2.45) is 5.92 Å². The average Bonchev–Trinajstić information content (AvgIpc) is 3.22. The molecular formula is C23H31FN4O2. The highest BCUT2D eigenvalue weighted by molar-refractivity contribution is 5.83. The van der Waals surface area contributed by atoms with Crippen LogP contribution in [0.2, 0.25) is 0 Å². The zero-order chi connectivity index (χ0) is 20.5. The number of halogens is 1. The molecule has 2 N–H and O–H groups in total. The van der Waals surface area contributed by atoms with Crippen molar-refractivity contribution in [2.45, 2.75) is 37.8 Å². The molecule has 7 heteroatoms. The summed E-state index contributed by atoms with van der Waals surface area (Å²) in [6.07, 6.45) is 6.15. The molecule has 2 atom stereocenters. The molecule has 1 aromatic heterocycles. The van der Waals surface area contributed by atoms with Gasteiger partial charge >= 0.3 is 0 Å². The van der Waals surface area contributed by atoms with E-state index >= 15 is 0 Å². The predicted molar refractivity (Wildman–Crippen MR) is 114 cm³/mol. The first kappa shape index (κ1) is 20.0. The summed E-state index contributed by atoms with van der Waals surface area (Å²) >= 11 is 0. The van der Waals surface area contributed by atoms with Gasteiger partial charge in [0.15, 0.2) is 0 Å². The number of H-pyrrole nitrogens is 1. The number of piperidine rings is 1. The normalized spacial score (nSPS) is 26.9. The number of hydrogen-bond acceptors (Lipinski definition) is 4. The van der Waals surface area contributed by atoms with Crippen molar-refractivity contribution in [3.63, 3.8) is 0 Å². The van der Waals surface area contributed by atoms with Crippen LogP contribution < -0.4 is 5.32 Å². The standard InChI is InChI=1S/C23H31FN4O2/c24-18-1-2-21-19(14-18)20(15-26-21)17-3-6-25-22(13-17)27-7-9-28(10-8-27)23(29)16-4-11-30-12-5-16/h1-2,14-17,22,25-26H,3-13H2. The first-order valence-corrected chi connectivity index (χ1v) is 11.3. The summed E-state index contributed by atoms with van der Waals surface area (Å²) in [5.41, 5.74) is 2.23. The minimum absolute atomic E-state index is 0.143. The zero-order valence-electron chi connectivity index (χ0n) is 17.4. The number of ether oxygens (including phenoxy) is 1. The Balaban J connectivity index is 1.20. The second-order valence-electron chi connectivity index (χ2n) is 8.87. The van der Waals surface area contributed by atoms with Gasteiger partial charge in [-0.2, -0.15) is 0 Å². The molecule has 3 fully saturated rings. The summed E-state index contributed by atoms with van der Waals surface area (Å²) in [5, 5.41) is 4.68. The van der Waals surface area contributed by atoms with E-state index in [1.165, 1.54) is 11.6 Å². The maximum absolute atomic E-state index is 13.8. The third kappa shape index (κ3) is 3.98. The van der Waals surface area contributed by atoms with E-state index in [9.17, 15) is 9.18 Å². The lowest BCUT2D eigenvalue weighted by Gasteiger charge is -2.43.